The van der Waals surface area contributed by atoms with Crippen LogP contribution in [0.25, 0.3) is 21.9 Å². The van der Waals surface area contributed by atoms with Crippen molar-refractivity contribution >= 4 is 29.5 Å². The van der Waals surface area contributed by atoms with Crippen LogP contribution in [0.2, 0.25) is 5.04 Å². The van der Waals surface area contributed by atoms with Crippen molar-refractivity contribution in [2.24, 2.45) is 7.05 Å². The van der Waals surface area contributed by atoms with Crippen molar-refractivity contribution in [2.75, 3.05) is 6.61 Å². The van der Waals surface area contributed by atoms with E-state index < -0.39 is 14.4 Å². The summed E-state index contributed by atoms with van der Waals surface area (Å²) in [4.78, 5) is 13.6. The van der Waals surface area contributed by atoms with Crippen LogP contribution in [0.3, 0.4) is 0 Å². The predicted octanol–water partition coefficient (Wildman–Crippen LogP) is 6.43. The molecule has 0 spiro atoms. The molecule has 0 aliphatic heterocycles. The summed E-state index contributed by atoms with van der Waals surface area (Å²) in [5, 5.41) is 15.5. The van der Waals surface area contributed by atoms with Gasteiger partial charge < -0.3 is 14.1 Å². The molecule has 1 N–H and O–H groups in total. The summed E-state index contributed by atoms with van der Waals surface area (Å²) in [5.74, 6) is 0. The van der Waals surface area contributed by atoms with E-state index in [1.54, 1.807) is 11.6 Å². The van der Waals surface area contributed by atoms with Gasteiger partial charge >= 0.3 is 0 Å². The Balaban J connectivity index is 1.69. The Kier molecular flexibility index (Phi) is 7.88. The Morgan fingerprint density at radius 1 is 0.780 bits per heavy atom. The van der Waals surface area contributed by atoms with Gasteiger partial charge in [-0.3, -0.25) is 4.79 Å². The van der Waals surface area contributed by atoms with E-state index in [0.29, 0.717) is 11.1 Å². The van der Waals surface area contributed by atoms with Crippen LogP contribution in [0.5, 0.6) is 0 Å². The monoisotopic (exact) mass is 561 g/mol. The topological polar surface area (TPSA) is 51.5 Å². The number of rotatable bonds is 7. The molecule has 0 saturated carbocycles. The van der Waals surface area contributed by atoms with Crippen LogP contribution >= 0.6 is 0 Å². The zero-order valence-electron chi connectivity index (χ0n) is 24.8. The highest BCUT2D eigenvalue weighted by Gasteiger charge is 2.50. The van der Waals surface area contributed by atoms with Crippen molar-refractivity contribution in [1.29, 1.82) is 0 Å². The lowest BCUT2D eigenvalue weighted by Crippen LogP contribution is -2.66. The third kappa shape index (κ3) is 5.10. The van der Waals surface area contributed by atoms with E-state index in [4.69, 9.17) is 4.43 Å². The molecule has 4 nitrogen and oxygen atoms in total. The fourth-order valence-corrected chi connectivity index (χ4v) is 10.7. The molecule has 1 aromatic heterocycles. The molecular weight excluding hydrogens is 522 g/mol. The number of aryl methyl sites for hydroxylation is 2. The average Bonchev–Trinajstić information content (AvgIpc) is 2.97. The van der Waals surface area contributed by atoms with Gasteiger partial charge in [0.15, 0.2) is 0 Å². The molecule has 0 unspecified atom stereocenters. The zero-order valence-corrected chi connectivity index (χ0v) is 25.8. The van der Waals surface area contributed by atoms with Crippen molar-refractivity contribution in [1.82, 2.24) is 4.57 Å². The minimum absolute atomic E-state index is 0.0523. The van der Waals surface area contributed by atoms with E-state index in [1.165, 1.54) is 5.56 Å². The van der Waals surface area contributed by atoms with E-state index >= 15 is 0 Å². The first kappa shape index (κ1) is 28.7. The summed E-state index contributed by atoms with van der Waals surface area (Å²) in [5.41, 5.74) is 4.62. The second kappa shape index (κ2) is 11.2. The highest BCUT2D eigenvalue weighted by Crippen LogP contribution is 2.39. The van der Waals surface area contributed by atoms with E-state index in [9.17, 15) is 9.90 Å². The van der Waals surface area contributed by atoms with Gasteiger partial charge in [0.05, 0.1) is 12.3 Å². The summed E-state index contributed by atoms with van der Waals surface area (Å²) < 4.78 is 8.70. The smallest absolute Gasteiger partial charge is 0.261 e. The van der Waals surface area contributed by atoms with Crippen LogP contribution in [0.4, 0.5) is 0 Å². The molecule has 0 radical (unpaired) electrons. The van der Waals surface area contributed by atoms with Crippen LogP contribution in [-0.2, 0) is 11.5 Å². The highest BCUT2D eigenvalue weighted by atomic mass is 28.4. The van der Waals surface area contributed by atoms with Gasteiger partial charge in [0.1, 0.15) is 6.10 Å². The molecule has 0 aliphatic carbocycles. The summed E-state index contributed by atoms with van der Waals surface area (Å²) in [6, 6.07) is 34.8. The maximum atomic E-state index is 13.6. The number of aliphatic hydroxyl groups excluding tert-OH is 1. The third-order valence-electron chi connectivity index (χ3n) is 8.33. The Morgan fingerprint density at radius 3 is 1.85 bits per heavy atom. The summed E-state index contributed by atoms with van der Waals surface area (Å²) in [6.07, 6.45) is -1.03. The minimum atomic E-state index is -2.89. The standard InChI is InChI=1S/C36H39NO3Si/c1-25-21-22-27(23-26(25)2)33-30-19-13-14-20-31(30)35(39)37(6)34(33)32(38)24-40-41(36(3,4)5,28-15-9-7-10-16-28)29-17-11-8-12-18-29/h7-23,32,38H,24H2,1-6H3/t32-/m1/s1. The van der Waals surface area contributed by atoms with Gasteiger partial charge in [-0.1, -0.05) is 118 Å². The number of benzene rings is 4. The van der Waals surface area contributed by atoms with Crippen LogP contribution in [0, 0.1) is 13.8 Å². The van der Waals surface area contributed by atoms with E-state index in [0.717, 1.165) is 32.5 Å². The summed E-state index contributed by atoms with van der Waals surface area (Å²) in [6.45, 7) is 10.9. The SMILES string of the molecule is Cc1ccc(-c2c([C@H](O)CO[Si](c3ccccc3)(c3ccccc3)C(C)(C)C)n(C)c(=O)c3ccccc23)cc1C. The number of hydrogen-bond donors (Lipinski definition) is 1. The molecule has 0 fully saturated rings. The maximum absolute atomic E-state index is 13.6. The van der Waals surface area contributed by atoms with Crippen molar-refractivity contribution < 1.29 is 9.53 Å². The Morgan fingerprint density at radius 2 is 1.32 bits per heavy atom. The second-order valence-corrected chi connectivity index (χ2v) is 16.3. The quantitative estimate of drug-likeness (QED) is 0.233. The molecular formula is C36H39NO3Si. The molecule has 1 atom stereocenters. The molecule has 0 amide bonds. The van der Waals surface area contributed by atoms with E-state index in [2.05, 4.69) is 101 Å². The van der Waals surface area contributed by atoms with Crippen molar-refractivity contribution in [2.45, 2.75) is 45.8 Å². The van der Waals surface area contributed by atoms with Gasteiger partial charge in [-0.2, -0.15) is 0 Å². The predicted molar refractivity (Wildman–Crippen MR) is 173 cm³/mol. The molecule has 5 rings (SSSR count). The van der Waals surface area contributed by atoms with Crippen LogP contribution in [0.1, 0.15) is 43.7 Å². The summed E-state index contributed by atoms with van der Waals surface area (Å²) in [7, 11) is -1.14. The first-order valence-electron chi connectivity index (χ1n) is 14.2. The van der Waals surface area contributed by atoms with E-state index in [1.807, 2.05) is 36.4 Å². The van der Waals surface area contributed by atoms with Gasteiger partial charge in [0.25, 0.3) is 13.9 Å². The molecule has 4 aromatic carbocycles. The first-order chi connectivity index (χ1) is 19.6. The van der Waals surface area contributed by atoms with Crippen molar-refractivity contribution in [3.8, 4) is 11.1 Å². The fraction of sp³-hybridized carbons (Fsp3) is 0.250. The Bertz CT molecular complexity index is 1700. The first-order valence-corrected chi connectivity index (χ1v) is 16.1. The van der Waals surface area contributed by atoms with Gasteiger partial charge in [-0.25, -0.2) is 0 Å². The fourth-order valence-electron chi connectivity index (χ4n) is 6.12. The third-order valence-corrected chi connectivity index (χ3v) is 13.3. The molecule has 210 valence electrons. The molecule has 5 aromatic rings. The Labute approximate surface area is 244 Å². The van der Waals surface area contributed by atoms with Crippen LogP contribution in [-0.4, -0.2) is 24.6 Å². The molecule has 0 saturated heterocycles. The highest BCUT2D eigenvalue weighted by molar-refractivity contribution is 6.99. The van der Waals surface area contributed by atoms with E-state index in [-0.39, 0.29) is 17.2 Å². The lowest BCUT2D eigenvalue weighted by Gasteiger charge is -2.43. The lowest BCUT2D eigenvalue weighted by atomic mass is 9.93. The van der Waals surface area contributed by atoms with Gasteiger partial charge in [-0.15, -0.1) is 0 Å². The molecule has 41 heavy (non-hydrogen) atoms. The van der Waals surface area contributed by atoms with Crippen molar-refractivity contribution in [3.63, 3.8) is 0 Å². The second-order valence-electron chi connectivity index (χ2n) is 12.0. The number of nitrogens with zero attached hydrogens (tertiary/aromatic N) is 1. The minimum Gasteiger partial charge on any atom is -0.404 e. The van der Waals surface area contributed by atoms with Crippen LogP contribution < -0.4 is 15.9 Å². The number of fused-ring (bicyclic) bond motifs is 1. The number of aromatic nitrogens is 1. The van der Waals surface area contributed by atoms with Gasteiger partial charge in [0.2, 0.25) is 0 Å². The average molecular weight is 562 g/mol. The number of pyridine rings is 1. The Hall–Kier alpha value is -3.77. The van der Waals surface area contributed by atoms with Crippen molar-refractivity contribution in [3.05, 3.63) is 130 Å². The number of hydrogen-bond acceptors (Lipinski definition) is 3. The molecule has 5 heteroatoms. The van der Waals surface area contributed by atoms with Gasteiger partial charge in [-0.05, 0) is 57.4 Å². The molecule has 0 aliphatic rings. The number of aliphatic hydroxyl groups is 1. The normalized spacial score (nSPS) is 13.0. The lowest BCUT2D eigenvalue weighted by molar-refractivity contribution is 0.0968. The molecule has 1 heterocycles. The van der Waals surface area contributed by atoms with Crippen LogP contribution in [0.15, 0.2) is 108 Å². The molecule has 0 bridgehead atoms. The zero-order chi connectivity index (χ0) is 29.4. The maximum Gasteiger partial charge on any atom is 0.261 e. The summed E-state index contributed by atoms with van der Waals surface area (Å²) >= 11 is 0. The largest absolute Gasteiger partial charge is 0.404 e. The van der Waals surface area contributed by atoms with Gasteiger partial charge in [0, 0.05) is 18.0 Å².